The molecule has 5 nitrogen and oxygen atoms in total. The number of hydrogen-bond acceptors (Lipinski definition) is 5. The molecule has 1 fully saturated rings. The Kier molecular flexibility index (Phi) is 4.64. The highest BCUT2D eigenvalue weighted by Gasteiger charge is 2.27. The first-order valence-corrected chi connectivity index (χ1v) is 6.38. The van der Waals surface area contributed by atoms with Crippen LogP contribution in [0.2, 0.25) is 0 Å². The first-order valence-electron chi connectivity index (χ1n) is 6.38. The molecule has 20 heavy (non-hydrogen) atoms. The van der Waals surface area contributed by atoms with E-state index in [-0.39, 0.29) is 6.54 Å². The third kappa shape index (κ3) is 4.22. The van der Waals surface area contributed by atoms with Gasteiger partial charge in [-0.25, -0.2) is 9.97 Å². The molecule has 8 heteroatoms. The monoisotopic (exact) mass is 290 g/mol. The highest BCUT2D eigenvalue weighted by molar-refractivity contribution is 5.49. The van der Waals surface area contributed by atoms with Crippen LogP contribution < -0.4 is 9.80 Å². The van der Waals surface area contributed by atoms with Gasteiger partial charge in [0.2, 0.25) is 0 Å². The number of halogens is 3. The molecule has 1 aliphatic rings. The third-order valence-corrected chi connectivity index (χ3v) is 3.10. The second-order valence-electron chi connectivity index (χ2n) is 4.62. The van der Waals surface area contributed by atoms with E-state index in [1.807, 2.05) is 4.90 Å². The van der Waals surface area contributed by atoms with Crippen molar-refractivity contribution >= 4 is 11.6 Å². The van der Waals surface area contributed by atoms with Gasteiger partial charge in [0.25, 0.3) is 0 Å². The predicted molar refractivity (Wildman–Crippen MR) is 69.0 cm³/mol. The average Bonchev–Trinajstić information content (AvgIpc) is 2.45. The van der Waals surface area contributed by atoms with E-state index in [2.05, 4.69) is 9.97 Å². The molecular weight excluding hydrogens is 273 g/mol. The molecule has 1 aromatic heterocycles. The van der Waals surface area contributed by atoms with Gasteiger partial charge in [0.15, 0.2) is 0 Å². The molecule has 2 heterocycles. The maximum absolute atomic E-state index is 12.2. The largest absolute Gasteiger partial charge is 0.390 e. The van der Waals surface area contributed by atoms with Crippen LogP contribution in [0.15, 0.2) is 12.4 Å². The van der Waals surface area contributed by atoms with Crippen molar-refractivity contribution in [1.29, 1.82) is 0 Å². The maximum atomic E-state index is 12.2. The number of anilines is 2. The number of alkyl halides is 3. The molecule has 0 N–H and O–H groups in total. The Balaban J connectivity index is 2.01. The van der Waals surface area contributed by atoms with E-state index in [1.54, 1.807) is 13.1 Å². The van der Waals surface area contributed by atoms with Crippen LogP contribution in [0.1, 0.15) is 6.42 Å². The van der Waals surface area contributed by atoms with Crippen LogP contribution in [-0.2, 0) is 4.74 Å². The summed E-state index contributed by atoms with van der Waals surface area (Å²) in [5.74, 6) is 1.21. The van der Waals surface area contributed by atoms with Crippen molar-refractivity contribution in [3.8, 4) is 0 Å². The minimum absolute atomic E-state index is 0.122. The molecule has 0 spiro atoms. The van der Waals surface area contributed by atoms with Gasteiger partial charge >= 0.3 is 6.18 Å². The first kappa shape index (κ1) is 14.8. The van der Waals surface area contributed by atoms with Crippen LogP contribution in [-0.4, -0.2) is 56.0 Å². The van der Waals surface area contributed by atoms with Gasteiger partial charge in [0, 0.05) is 32.7 Å². The third-order valence-electron chi connectivity index (χ3n) is 3.10. The molecule has 0 aliphatic carbocycles. The summed E-state index contributed by atoms with van der Waals surface area (Å²) in [4.78, 5) is 11.7. The van der Waals surface area contributed by atoms with E-state index in [0.29, 0.717) is 19.0 Å². The van der Waals surface area contributed by atoms with Crippen molar-refractivity contribution in [1.82, 2.24) is 9.97 Å². The number of morpholine rings is 1. The highest BCUT2D eigenvalue weighted by atomic mass is 19.4. The smallest absolute Gasteiger partial charge is 0.378 e. The van der Waals surface area contributed by atoms with Crippen molar-refractivity contribution in [2.45, 2.75) is 12.6 Å². The summed E-state index contributed by atoms with van der Waals surface area (Å²) in [6.45, 7) is 2.58. The molecule has 112 valence electrons. The van der Waals surface area contributed by atoms with Gasteiger partial charge in [-0.15, -0.1) is 0 Å². The van der Waals surface area contributed by atoms with Crippen molar-refractivity contribution in [2.75, 3.05) is 49.7 Å². The second kappa shape index (κ2) is 6.25. The van der Waals surface area contributed by atoms with Crippen molar-refractivity contribution in [2.24, 2.45) is 0 Å². The topological polar surface area (TPSA) is 41.5 Å². The summed E-state index contributed by atoms with van der Waals surface area (Å²) >= 11 is 0. The number of nitrogens with zero attached hydrogens (tertiary/aromatic N) is 4. The van der Waals surface area contributed by atoms with E-state index < -0.39 is 12.6 Å². The normalized spacial score (nSPS) is 16.3. The van der Waals surface area contributed by atoms with Gasteiger partial charge in [0.1, 0.15) is 18.0 Å². The zero-order valence-electron chi connectivity index (χ0n) is 11.2. The average molecular weight is 290 g/mol. The molecule has 1 aliphatic heterocycles. The standard InChI is InChI=1S/C12H17F3N4O/c1-18(3-2-12(13,14)15)10-8-11(17-9-16-10)19-4-6-20-7-5-19/h8-9H,2-7H2,1H3. The number of aromatic nitrogens is 2. The minimum atomic E-state index is -4.16. The van der Waals surface area contributed by atoms with Gasteiger partial charge in [-0.05, 0) is 0 Å². The van der Waals surface area contributed by atoms with E-state index in [9.17, 15) is 13.2 Å². The van der Waals surface area contributed by atoms with Gasteiger partial charge < -0.3 is 14.5 Å². The quantitative estimate of drug-likeness (QED) is 0.844. The first-order chi connectivity index (χ1) is 9.46. The molecule has 2 rings (SSSR count). The Morgan fingerprint density at radius 1 is 1.30 bits per heavy atom. The molecule has 0 aromatic carbocycles. The molecule has 0 amide bonds. The summed E-state index contributed by atoms with van der Waals surface area (Å²) < 4.78 is 41.9. The van der Waals surface area contributed by atoms with E-state index >= 15 is 0 Å². The van der Waals surface area contributed by atoms with Crippen molar-refractivity contribution in [3.63, 3.8) is 0 Å². The Morgan fingerprint density at radius 3 is 2.65 bits per heavy atom. The second-order valence-corrected chi connectivity index (χ2v) is 4.62. The Labute approximate surface area is 115 Å². The fraction of sp³-hybridized carbons (Fsp3) is 0.667. The molecule has 0 bridgehead atoms. The molecule has 1 aromatic rings. The number of rotatable bonds is 4. The van der Waals surface area contributed by atoms with Crippen molar-refractivity contribution < 1.29 is 17.9 Å². The van der Waals surface area contributed by atoms with Crippen LogP contribution >= 0.6 is 0 Å². The lowest BCUT2D eigenvalue weighted by atomic mass is 10.3. The molecule has 1 saturated heterocycles. The van der Waals surface area contributed by atoms with Gasteiger partial charge in [-0.2, -0.15) is 13.2 Å². The van der Waals surface area contributed by atoms with Crippen molar-refractivity contribution in [3.05, 3.63) is 12.4 Å². The lowest BCUT2D eigenvalue weighted by Gasteiger charge is -2.28. The van der Waals surface area contributed by atoms with Gasteiger partial charge in [-0.3, -0.25) is 0 Å². The van der Waals surface area contributed by atoms with Crippen LogP contribution in [0.4, 0.5) is 24.8 Å². The Bertz CT molecular complexity index is 435. The molecular formula is C12H17F3N4O. The van der Waals surface area contributed by atoms with E-state index in [4.69, 9.17) is 4.74 Å². The minimum Gasteiger partial charge on any atom is -0.378 e. The van der Waals surface area contributed by atoms with E-state index in [0.717, 1.165) is 18.9 Å². The summed E-state index contributed by atoms with van der Waals surface area (Å²) in [5, 5.41) is 0. The summed E-state index contributed by atoms with van der Waals surface area (Å²) in [7, 11) is 1.59. The summed E-state index contributed by atoms with van der Waals surface area (Å²) in [6.07, 6.45) is -3.64. The molecule has 0 radical (unpaired) electrons. The zero-order valence-corrected chi connectivity index (χ0v) is 11.2. The molecule has 0 saturated carbocycles. The van der Waals surface area contributed by atoms with Gasteiger partial charge in [0.05, 0.1) is 19.6 Å². The number of hydrogen-bond donors (Lipinski definition) is 0. The van der Waals surface area contributed by atoms with E-state index in [1.165, 1.54) is 11.2 Å². The SMILES string of the molecule is CN(CCC(F)(F)F)c1cc(N2CCOCC2)ncn1. The Morgan fingerprint density at radius 2 is 2.00 bits per heavy atom. The predicted octanol–water partition coefficient (Wildman–Crippen LogP) is 1.70. The Hall–Kier alpha value is -1.57. The fourth-order valence-electron chi connectivity index (χ4n) is 1.92. The van der Waals surface area contributed by atoms with Crippen LogP contribution in [0.25, 0.3) is 0 Å². The van der Waals surface area contributed by atoms with Crippen LogP contribution in [0, 0.1) is 0 Å². The summed E-state index contributed by atoms with van der Waals surface area (Å²) in [5.41, 5.74) is 0. The van der Waals surface area contributed by atoms with Gasteiger partial charge in [-0.1, -0.05) is 0 Å². The molecule has 0 atom stereocenters. The summed E-state index contributed by atoms with van der Waals surface area (Å²) in [6, 6.07) is 1.71. The lowest BCUT2D eigenvalue weighted by molar-refractivity contribution is -0.132. The van der Waals surface area contributed by atoms with Crippen LogP contribution in [0.3, 0.4) is 0 Å². The highest BCUT2D eigenvalue weighted by Crippen LogP contribution is 2.22. The number of ether oxygens (including phenoxy) is 1. The maximum Gasteiger partial charge on any atom is 0.390 e. The fourth-order valence-corrected chi connectivity index (χ4v) is 1.92. The zero-order chi connectivity index (χ0) is 14.6. The molecule has 0 unspecified atom stereocenters. The lowest BCUT2D eigenvalue weighted by Crippen LogP contribution is -2.37. The van der Waals surface area contributed by atoms with Crippen LogP contribution in [0.5, 0.6) is 0 Å².